The monoisotopic (exact) mass is 475 g/mol. The van der Waals surface area contributed by atoms with Crippen molar-refractivity contribution in [1.29, 1.82) is 0 Å². The molecule has 0 aromatic heterocycles. The van der Waals surface area contributed by atoms with Gasteiger partial charge in [-0.2, -0.15) is 0 Å². The molecular weight excluding hydrogens is 448 g/mol. The first kappa shape index (κ1) is 23.6. The van der Waals surface area contributed by atoms with Crippen LogP contribution < -0.4 is 11.1 Å². The zero-order valence-electron chi connectivity index (χ0n) is 18.3. The molecular formula is C25H28ClF2N3O2. The Morgan fingerprint density at radius 1 is 1.00 bits per heavy atom. The van der Waals surface area contributed by atoms with Crippen molar-refractivity contribution in [3.63, 3.8) is 0 Å². The van der Waals surface area contributed by atoms with E-state index in [9.17, 15) is 18.4 Å². The lowest BCUT2D eigenvalue weighted by molar-refractivity contribution is -0.122. The van der Waals surface area contributed by atoms with Crippen molar-refractivity contribution in [3.8, 4) is 0 Å². The summed E-state index contributed by atoms with van der Waals surface area (Å²) in [6.07, 6.45) is 6.17. The number of nitrogens with zero attached hydrogens (tertiary/aromatic N) is 1. The van der Waals surface area contributed by atoms with Gasteiger partial charge in [-0.1, -0.05) is 30.9 Å². The zero-order valence-corrected chi connectivity index (χ0v) is 19.1. The van der Waals surface area contributed by atoms with Crippen LogP contribution in [0.4, 0.5) is 14.5 Å². The molecule has 0 aliphatic heterocycles. The minimum atomic E-state index is -0.815. The summed E-state index contributed by atoms with van der Waals surface area (Å²) in [6, 6.07) is 7.41. The third kappa shape index (κ3) is 5.53. The number of nitrogens with one attached hydrogen (secondary N) is 1. The van der Waals surface area contributed by atoms with Crippen LogP contribution in [-0.2, 0) is 11.3 Å². The molecule has 2 atom stereocenters. The summed E-state index contributed by atoms with van der Waals surface area (Å²) in [5.41, 5.74) is 7.52. The lowest BCUT2D eigenvalue weighted by atomic mass is 9.85. The first-order valence-corrected chi connectivity index (χ1v) is 11.8. The Morgan fingerprint density at radius 2 is 1.70 bits per heavy atom. The molecule has 0 spiro atoms. The minimum absolute atomic E-state index is 0.0213. The average Bonchev–Trinajstić information content (AvgIpc) is 2.72. The molecule has 0 bridgehead atoms. The normalized spacial score (nSPS) is 20.7. The van der Waals surface area contributed by atoms with Crippen LogP contribution in [0.2, 0.25) is 5.02 Å². The fraction of sp³-hybridized carbons (Fsp3) is 0.440. The number of benzene rings is 2. The fourth-order valence-electron chi connectivity index (χ4n) is 4.58. The summed E-state index contributed by atoms with van der Waals surface area (Å²) in [5, 5.41) is 3.36. The van der Waals surface area contributed by atoms with E-state index >= 15 is 0 Å². The summed E-state index contributed by atoms with van der Waals surface area (Å²) < 4.78 is 27.7. The largest absolute Gasteiger partial charge is 0.330 e. The van der Waals surface area contributed by atoms with Crippen molar-refractivity contribution in [3.05, 3.63) is 64.2 Å². The van der Waals surface area contributed by atoms with E-state index in [1.165, 1.54) is 0 Å². The Bertz CT molecular complexity index is 1020. The second-order valence-corrected chi connectivity index (χ2v) is 9.44. The summed E-state index contributed by atoms with van der Waals surface area (Å²) >= 11 is 6.45. The van der Waals surface area contributed by atoms with Gasteiger partial charge in [0.2, 0.25) is 5.91 Å². The summed E-state index contributed by atoms with van der Waals surface area (Å²) in [4.78, 5) is 27.4. The molecule has 2 aromatic rings. The third-order valence-electron chi connectivity index (χ3n) is 6.68. The molecule has 176 valence electrons. The van der Waals surface area contributed by atoms with Gasteiger partial charge in [0.15, 0.2) is 0 Å². The van der Waals surface area contributed by atoms with E-state index in [1.54, 1.807) is 23.1 Å². The van der Waals surface area contributed by atoms with Crippen LogP contribution in [0.25, 0.3) is 0 Å². The van der Waals surface area contributed by atoms with Crippen molar-refractivity contribution in [2.45, 2.75) is 63.6 Å². The van der Waals surface area contributed by atoms with E-state index in [2.05, 4.69) is 5.32 Å². The van der Waals surface area contributed by atoms with E-state index in [-0.39, 0.29) is 36.0 Å². The molecule has 2 aliphatic rings. The van der Waals surface area contributed by atoms with Gasteiger partial charge in [-0.25, -0.2) is 8.78 Å². The van der Waals surface area contributed by atoms with Crippen LogP contribution in [-0.4, -0.2) is 28.8 Å². The summed E-state index contributed by atoms with van der Waals surface area (Å²) in [7, 11) is 0. The SMILES string of the molecule is NC1CCCCC1N(Cc1cc(NC(=O)C2CCC2)ccc1Cl)C(=O)c1cc(F)cc(F)c1. The molecule has 0 radical (unpaired) electrons. The van der Waals surface area contributed by atoms with Crippen LogP contribution in [0.15, 0.2) is 36.4 Å². The van der Waals surface area contributed by atoms with E-state index in [4.69, 9.17) is 17.3 Å². The zero-order chi connectivity index (χ0) is 23.5. The number of hydrogen-bond donors (Lipinski definition) is 2. The van der Waals surface area contributed by atoms with Crippen molar-refractivity contribution in [2.75, 3.05) is 5.32 Å². The molecule has 3 N–H and O–H groups in total. The smallest absolute Gasteiger partial charge is 0.254 e. The number of amides is 2. The molecule has 0 heterocycles. The number of anilines is 1. The molecule has 2 fully saturated rings. The van der Waals surface area contributed by atoms with Gasteiger partial charge in [0.1, 0.15) is 11.6 Å². The predicted octanol–water partition coefficient (Wildman–Crippen LogP) is 5.27. The molecule has 2 aliphatic carbocycles. The van der Waals surface area contributed by atoms with Gasteiger partial charge in [0.25, 0.3) is 5.91 Å². The number of halogens is 3. The Kier molecular flexibility index (Phi) is 7.29. The van der Waals surface area contributed by atoms with Gasteiger partial charge in [0, 0.05) is 46.9 Å². The molecule has 0 saturated heterocycles. The van der Waals surface area contributed by atoms with Gasteiger partial charge in [0.05, 0.1) is 0 Å². The second kappa shape index (κ2) is 10.2. The third-order valence-corrected chi connectivity index (χ3v) is 7.05. The van der Waals surface area contributed by atoms with Crippen molar-refractivity contribution < 1.29 is 18.4 Å². The number of hydrogen-bond acceptors (Lipinski definition) is 3. The molecule has 5 nitrogen and oxygen atoms in total. The van der Waals surface area contributed by atoms with Crippen LogP contribution in [0, 0.1) is 17.6 Å². The lowest BCUT2D eigenvalue weighted by Crippen LogP contribution is -2.51. The van der Waals surface area contributed by atoms with Crippen LogP contribution >= 0.6 is 11.6 Å². The maximum atomic E-state index is 13.8. The highest BCUT2D eigenvalue weighted by Crippen LogP contribution is 2.31. The minimum Gasteiger partial charge on any atom is -0.330 e. The molecule has 4 rings (SSSR count). The van der Waals surface area contributed by atoms with Crippen molar-refractivity contribution >= 4 is 29.1 Å². The Morgan fingerprint density at radius 3 is 2.33 bits per heavy atom. The van der Waals surface area contributed by atoms with Gasteiger partial charge in [-0.3, -0.25) is 9.59 Å². The first-order valence-electron chi connectivity index (χ1n) is 11.4. The van der Waals surface area contributed by atoms with E-state index < -0.39 is 17.5 Å². The highest BCUT2D eigenvalue weighted by molar-refractivity contribution is 6.31. The van der Waals surface area contributed by atoms with E-state index in [0.717, 1.165) is 56.7 Å². The van der Waals surface area contributed by atoms with Gasteiger partial charge < -0.3 is 16.0 Å². The van der Waals surface area contributed by atoms with E-state index in [0.29, 0.717) is 22.7 Å². The predicted molar refractivity (Wildman–Crippen MR) is 124 cm³/mol. The maximum absolute atomic E-state index is 13.8. The molecule has 2 saturated carbocycles. The Hall–Kier alpha value is -2.51. The Balaban J connectivity index is 1.62. The van der Waals surface area contributed by atoms with Gasteiger partial charge in [-0.05, 0) is 61.6 Å². The molecule has 2 amide bonds. The maximum Gasteiger partial charge on any atom is 0.254 e. The topological polar surface area (TPSA) is 75.4 Å². The van der Waals surface area contributed by atoms with Crippen molar-refractivity contribution in [1.82, 2.24) is 4.90 Å². The van der Waals surface area contributed by atoms with Crippen LogP contribution in [0.5, 0.6) is 0 Å². The molecule has 2 unspecified atom stereocenters. The quantitative estimate of drug-likeness (QED) is 0.597. The molecule has 33 heavy (non-hydrogen) atoms. The van der Waals surface area contributed by atoms with Gasteiger partial charge >= 0.3 is 0 Å². The number of rotatable bonds is 6. The average molecular weight is 476 g/mol. The standard InChI is InChI=1S/C25H28ClF2N3O2/c26-21-9-8-20(30-24(32)15-4-3-5-15)12-17(21)14-31(23-7-2-1-6-22(23)29)25(33)16-10-18(27)13-19(28)11-16/h8-13,15,22-23H,1-7,14,29H2,(H,30,32). The number of nitrogens with two attached hydrogens (primary N) is 1. The molecule has 8 heteroatoms. The first-order chi connectivity index (χ1) is 15.8. The highest BCUT2D eigenvalue weighted by Gasteiger charge is 2.32. The van der Waals surface area contributed by atoms with Crippen LogP contribution in [0.3, 0.4) is 0 Å². The number of carbonyl (C=O) groups excluding carboxylic acids is 2. The van der Waals surface area contributed by atoms with E-state index in [1.807, 2.05) is 0 Å². The Labute approximate surface area is 197 Å². The highest BCUT2D eigenvalue weighted by atomic mass is 35.5. The molecule has 2 aromatic carbocycles. The summed E-state index contributed by atoms with van der Waals surface area (Å²) in [5.74, 6) is -2.12. The number of carbonyl (C=O) groups is 2. The second-order valence-electron chi connectivity index (χ2n) is 9.03. The van der Waals surface area contributed by atoms with Gasteiger partial charge in [-0.15, -0.1) is 0 Å². The van der Waals surface area contributed by atoms with Crippen LogP contribution in [0.1, 0.15) is 60.9 Å². The van der Waals surface area contributed by atoms with Crippen molar-refractivity contribution in [2.24, 2.45) is 11.7 Å². The lowest BCUT2D eigenvalue weighted by Gasteiger charge is -2.38. The summed E-state index contributed by atoms with van der Waals surface area (Å²) in [6.45, 7) is 0.112. The fourth-order valence-corrected chi connectivity index (χ4v) is 4.76.